The van der Waals surface area contributed by atoms with Crippen LogP contribution in [-0.2, 0) is 13.6 Å². The van der Waals surface area contributed by atoms with Crippen molar-refractivity contribution in [3.05, 3.63) is 12.8 Å². The van der Waals surface area contributed by atoms with Crippen molar-refractivity contribution in [3.63, 3.8) is 0 Å². The van der Waals surface area contributed by atoms with E-state index in [0.29, 0.717) is 26.1 Å². The minimum absolute atomic E-state index is 0.409. The maximum atomic E-state index is 5.21. The number of rotatable bonds is 8. The second kappa shape index (κ2) is 10.1. The van der Waals surface area contributed by atoms with Crippen molar-refractivity contribution in [3.8, 4) is 24.7 Å². The molecule has 0 atom stereocenters. The molecule has 0 unspecified atom stereocenters. The van der Waals surface area contributed by atoms with Crippen LogP contribution < -0.4 is 0 Å². The summed E-state index contributed by atoms with van der Waals surface area (Å²) in [6, 6.07) is 0. The largest absolute Gasteiger partial charge is 0.435 e. The van der Waals surface area contributed by atoms with E-state index in [4.69, 9.17) is 26.4 Å². The number of terminal acetylenes is 2. The van der Waals surface area contributed by atoms with Crippen LogP contribution in [0.1, 0.15) is 12.8 Å². The lowest BCUT2D eigenvalue weighted by molar-refractivity contribution is 0.199. The molecule has 0 aromatic carbocycles. The van der Waals surface area contributed by atoms with E-state index in [2.05, 4.69) is 18.4 Å². The highest BCUT2D eigenvalue weighted by molar-refractivity contribution is 7.41. The van der Waals surface area contributed by atoms with Gasteiger partial charge in [-0.3, -0.25) is 0 Å². The summed E-state index contributed by atoms with van der Waals surface area (Å²) in [7, 11) is -1.39. The number of hydrogen-bond acceptors (Lipinski definition) is 3. The topological polar surface area (TPSA) is 27.7 Å². The van der Waals surface area contributed by atoms with Gasteiger partial charge in [-0.2, -0.15) is 0 Å². The van der Waals surface area contributed by atoms with Crippen LogP contribution >= 0.6 is 8.60 Å². The van der Waals surface area contributed by atoms with Gasteiger partial charge in [-0.05, 0) is 0 Å². The fraction of sp³-hybridized carbons (Fsp3) is 0.400. The first kappa shape index (κ1) is 13.0. The third-order valence-electron chi connectivity index (χ3n) is 1.05. The van der Waals surface area contributed by atoms with E-state index in [1.807, 2.05) is 0 Å². The molecule has 0 heterocycles. The van der Waals surface area contributed by atoms with Crippen molar-refractivity contribution in [2.75, 3.05) is 13.2 Å². The fourth-order valence-electron chi connectivity index (χ4n) is 0.517. The Morgan fingerprint density at radius 1 is 1.14 bits per heavy atom. The van der Waals surface area contributed by atoms with Crippen LogP contribution in [0.5, 0.6) is 0 Å². The summed E-state index contributed by atoms with van der Waals surface area (Å²) in [5.41, 5.74) is 0. The van der Waals surface area contributed by atoms with Crippen molar-refractivity contribution < 1.29 is 13.6 Å². The van der Waals surface area contributed by atoms with Gasteiger partial charge in [0.2, 0.25) is 0 Å². The monoisotopic (exact) mass is 212 g/mol. The first-order chi connectivity index (χ1) is 6.85. The van der Waals surface area contributed by atoms with Gasteiger partial charge in [-0.15, -0.1) is 24.7 Å². The van der Waals surface area contributed by atoms with Gasteiger partial charge >= 0.3 is 8.60 Å². The van der Waals surface area contributed by atoms with Gasteiger partial charge in [-0.1, -0.05) is 6.58 Å². The lowest BCUT2D eigenvalue weighted by atomic mass is 10.5. The fourth-order valence-corrected chi connectivity index (χ4v) is 1.32. The van der Waals surface area contributed by atoms with Crippen molar-refractivity contribution >= 4 is 8.60 Å². The maximum absolute atomic E-state index is 5.21. The minimum atomic E-state index is -1.39. The van der Waals surface area contributed by atoms with Gasteiger partial charge in [0, 0.05) is 12.8 Å². The molecular weight excluding hydrogens is 199 g/mol. The van der Waals surface area contributed by atoms with E-state index in [1.165, 1.54) is 6.26 Å². The van der Waals surface area contributed by atoms with Crippen molar-refractivity contribution in [1.82, 2.24) is 0 Å². The molecule has 0 saturated carbocycles. The van der Waals surface area contributed by atoms with Gasteiger partial charge in [0.1, 0.15) is 0 Å². The Balaban J connectivity index is 3.61. The van der Waals surface area contributed by atoms with E-state index < -0.39 is 8.60 Å². The van der Waals surface area contributed by atoms with Crippen LogP contribution in [0.4, 0.5) is 0 Å². The summed E-state index contributed by atoms with van der Waals surface area (Å²) in [5, 5.41) is 0. The molecule has 76 valence electrons. The highest BCUT2D eigenvalue weighted by Gasteiger charge is 2.10. The molecule has 0 fully saturated rings. The summed E-state index contributed by atoms with van der Waals surface area (Å²) in [6.45, 7) is 4.23. The Hall–Kier alpha value is -0.990. The second-order valence-electron chi connectivity index (χ2n) is 2.07. The van der Waals surface area contributed by atoms with Crippen molar-refractivity contribution in [2.45, 2.75) is 12.8 Å². The van der Waals surface area contributed by atoms with Gasteiger partial charge in [0.25, 0.3) is 0 Å². The highest BCUT2D eigenvalue weighted by Crippen LogP contribution is 2.39. The minimum Gasteiger partial charge on any atom is -0.435 e. The molecule has 0 amide bonds. The first-order valence-electron chi connectivity index (χ1n) is 4.05. The zero-order valence-electron chi connectivity index (χ0n) is 7.94. The van der Waals surface area contributed by atoms with Crippen LogP contribution in [0.15, 0.2) is 12.8 Å². The zero-order valence-corrected chi connectivity index (χ0v) is 8.83. The summed E-state index contributed by atoms with van der Waals surface area (Å²) >= 11 is 0. The van der Waals surface area contributed by atoms with Crippen molar-refractivity contribution in [1.29, 1.82) is 0 Å². The molecule has 0 saturated heterocycles. The quantitative estimate of drug-likeness (QED) is 0.268. The molecule has 0 bridgehead atoms. The van der Waals surface area contributed by atoms with E-state index in [-0.39, 0.29) is 0 Å². The third kappa shape index (κ3) is 7.65. The SMILES string of the molecule is C#CCCOP(OC=C)OCCC#C. The predicted molar refractivity (Wildman–Crippen MR) is 57.0 cm³/mol. The molecule has 4 heteroatoms. The Morgan fingerprint density at radius 3 is 2.00 bits per heavy atom. The van der Waals surface area contributed by atoms with Gasteiger partial charge in [-0.25, -0.2) is 0 Å². The normalized spacial score (nSPS) is 9.07. The Labute approximate surface area is 86.4 Å². The van der Waals surface area contributed by atoms with Crippen LogP contribution in [0.25, 0.3) is 0 Å². The zero-order chi connectivity index (χ0) is 10.6. The lowest BCUT2D eigenvalue weighted by Gasteiger charge is -2.13. The molecule has 0 N–H and O–H groups in total. The first-order valence-corrected chi connectivity index (χ1v) is 5.15. The van der Waals surface area contributed by atoms with Crippen LogP contribution in [0.2, 0.25) is 0 Å². The molecule has 0 spiro atoms. The van der Waals surface area contributed by atoms with Gasteiger partial charge in [0.05, 0.1) is 19.5 Å². The molecule has 0 aliphatic heterocycles. The molecule has 0 aromatic heterocycles. The molecule has 0 rings (SSSR count). The molecule has 0 aliphatic carbocycles. The highest BCUT2D eigenvalue weighted by atomic mass is 31.2. The summed E-state index contributed by atoms with van der Waals surface area (Å²) in [5.74, 6) is 4.90. The van der Waals surface area contributed by atoms with E-state index in [0.717, 1.165) is 0 Å². The van der Waals surface area contributed by atoms with Gasteiger partial charge < -0.3 is 13.6 Å². The maximum Gasteiger partial charge on any atom is 0.396 e. The average Bonchev–Trinajstić information content (AvgIpc) is 2.18. The van der Waals surface area contributed by atoms with Gasteiger partial charge in [0.15, 0.2) is 0 Å². The van der Waals surface area contributed by atoms with E-state index in [1.54, 1.807) is 0 Å². The van der Waals surface area contributed by atoms with E-state index >= 15 is 0 Å². The van der Waals surface area contributed by atoms with Crippen molar-refractivity contribution in [2.24, 2.45) is 0 Å². The summed E-state index contributed by atoms with van der Waals surface area (Å²) in [4.78, 5) is 0. The molecular formula is C10H13O3P. The molecule has 3 nitrogen and oxygen atoms in total. The summed E-state index contributed by atoms with van der Waals surface area (Å²) in [6.07, 6.45) is 12.4. The predicted octanol–water partition coefficient (Wildman–Crippen LogP) is 2.45. The number of hydrogen-bond donors (Lipinski definition) is 0. The lowest BCUT2D eigenvalue weighted by Crippen LogP contribution is -1.95. The standard InChI is InChI=1S/C10H13O3P/c1-4-7-9-12-14(11-6-3)13-10-8-5-2/h1-2,6H,3,7-10H2. The van der Waals surface area contributed by atoms with Crippen LogP contribution in [-0.4, -0.2) is 13.2 Å². The third-order valence-corrected chi connectivity index (χ3v) is 2.15. The molecule has 14 heavy (non-hydrogen) atoms. The average molecular weight is 212 g/mol. The Kier molecular flexibility index (Phi) is 9.38. The Bertz CT molecular complexity index is 207. The molecule has 0 aromatic rings. The smallest absolute Gasteiger partial charge is 0.396 e. The Morgan fingerprint density at radius 2 is 1.64 bits per heavy atom. The molecule has 0 aliphatic rings. The van der Waals surface area contributed by atoms with Crippen LogP contribution in [0.3, 0.4) is 0 Å². The second-order valence-corrected chi connectivity index (χ2v) is 3.24. The van der Waals surface area contributed by atoms with E-state index in [9.17, 15) is 0 Å². The van der Waals surface area contributed by atoms with Crippen LogP contribution in [0, 0.1) is 24.7 Å². The summed E-state index contributed by atoms with van der Waals surface area (Å²) < 4.78 is 15.4. The molecule has 0 radical (unpaired) electrons.